The fraction of sp³-hybridized carbons (Fsp3) is 0.250. The van der Waals surface area contributed by atoms with E-state index in [9.17, 15) is 0 Å². The van der Waals surface area contributed by atoms with E-state index in [1.807, 2.05) is 36.4 Å². The van der Waals surface area contributed by atoms with Crippen molar-refractivity contribution >= 4 is 26.1 Å². The van der Waals surface area contributed by atoms with Crippen LogP contribution < -0.4 is 10.0 Å². The zero-order chi connectivity index (χ0) is 14.0. The zero-order valence-corrected chi connectivity index (χ0v) is 13.3. The van der Waals surface area contributed by atoms with E-state index in [2.05, 4.69) is 36.1 Å². The van der Waals surface area contributed by atoms with Crippen LogP contribution in [0.25, 0.3) is 0 Å². The molecule has 0 aromatic heterocycles. The summed E-state index contributed by atoms with van der Waals surface area (Å²) in [5.41, 5.74) is 1.19. The standard InChI is InChI=1S/C16H18ClOP/c1-16(2,3)11-7-4-5-9-13(11)18-15-12(17)8-6-10-14(15)19/h4-10H,19H2,1-3H3. The third-order valence-corrected chi connectivity index (χ3v) is 3.66. The van der Waals surface area contributed by atoms with Gasteiger partial charge in [-0.25, -0.2) is 0 Å². The first-order chi connectivity index (χ1) is 8.89. The van der Waals surface area contributed by atoms with Gasteiger partial charge in [-0.05, 0) is 17.5 Å². The number of benzene rings is 2. The van der Waals surface area contributed by atoms with E-state index in [4.69, 9.17) is 16.3 Å². The second-order valence-corrected chi connectivity index (χ2v) is 6.54. The number of rotatable bonds is 2. The van der Waals surface area contributed by atoms with Gasteiger partial charge in [-0.2, -0.15) is 0 Å². The van der Waals surface area contributed by atoms with E-state index >= 15 is 0 Å². The molecule has 0 saturated carbocycles. The summed E-state index contributed by atoms with van der Waals surface area (Å²) in [6.45, 7) is 6.51. The Morgan fingerprint density at radius 1 is 1.00 bits per heavy atom. The van der Waals surface area contributed by atoms with Crippen molar-refractivity contribution in [3.8, 4) is 11.5 Å². The Balaban J connectivity index is 2.45. The highest BCUT2D eigenvalue weighted by atomic mass is 35.5. The molecule has 1 unspecified atom stereocenters. The molecule has 1 nitrogen and oxygen atoms in total. The molecule has 0 spiro atoms. The first-order valence-corrected chi connectivity index (χ1v) is 7.16. The van der Waals surface area contributed by atoms with Crippen LogP contribution in [0.5, 0.6) is 11.5 Å². The van der Waals surface area contributed by atoms with Gasteiger partial charge in [0, 0.05) is 10.9 Å². The van der Waals surface area contributed by atoms with Crippen LogP contribution in [-0.4, -0.2) is 0 Å². The molecule has 0 fully saturated rings. The summed E-state index contributed by atoms with van der Waals surface area (Å²) in [4.78, 5) is 0. The van der Waals surface area contributed by atoms with Crippen LogP contribution in [0.4, 0.5) is 0 Å². The van der Waals surface area contributed by atoms with E-state index in [0.717, 1.165) is 11.1 Å². The maximum absolute atomic E-state index is 6.21. The molecule has 3 heteroatoms. The van der Waals surface area contributed by atoms with Crippen LogP contribution in [-0.2, 0) is 5.41 Å². The van der Waals surface area contributed by atoms with Crippen molar-refractivity contribution in [1.82, 2.24) is 0 Å². The number of hydrogen-bond acceptors (Lipinski definition) is 1. The molecule has 100 valence electrons. The Morgan fingerprint density at radius 2 is 1.68 bits per heavy atom. The van der Waals surface area contributed by atoms with Gasteiger partial charge >= 0.3 is 0 Å². The largest absolute Gasteiger partial charge is 0.455 e. The van der Waals surface area contributed by atoms with Gasteiger partial charge in [-0.15, -0.1) is 9.24 Å². The Hall–Kier alpha value is -1.04. The minimum atomic E-state index is 0.0267. The molecule has 0 aliphatic carbocycles. The highest BCUT2D eigenvalue weighted by Crippen LogP contribution is 2.36. The maximum atomic E-state index is 6.21. The van der Waals surface area contributed by atoms with E-state index in [-0.39, 0.29) is 5.41 Å². The Kier molecular flexibility index (Phi) is 4.18. The van der Waals surface area contributed by atoms with Crippen molar-refractivity contribution in [1.29, 1.82) is 0 Å². The molecular weight excluding hydrogens is 275 g/mol. The highest BCUT2D eigenvalue weighted by molar-refractivity contribution is 7.27. The molecule has 0 heterocycles. The molecule has 2 aromatic rings. The predicted molar refractivity (Wildman–Crippen MR) is 86.0 cm³/mol. The molecule has 0 radical (unpaired) electrons. The van der Waals surface area contributed by atoms with Crippen LogP contribution in [0, 0.1) is 0 Å². The zero-order valence-electron chi connectivity index (χ0n) is 11.4. The van der Waals surface area contributed by atoms with Gasteiger partial charge in [0.25, 0.3) is 0 Å². The Bertz CT molecular complexity index is 567. The van der Waals surface area contributed by atoms with Gasteiger partial charge in [0.1, 0.15) is 5.75 Å². The smallest absolute Gasteiger partial charge is 0.153 e. The van der Waals surface area contributed by atoms with Crippen molar-refractivity contribution < 1.29 is 4.74 Å². The van der Waals surface area contributed by atoms with Crippen LogP contribution in [0.3, 0.4) is 0 Å². The van der Waals surface area contributed by atoms with Gasteiger partial charge in [0.05, 0.1) is 5.02 Å². The molecular formula is C16H18ClOP. The third-order valence-electron chi connectivity index (χ3n) is 2.90. The van der Waals surface area contributed by atoms with Gasteiger partial charge < -0.3 is 4.74 Å². The molecule has 2 aromatic carbocycles. The molecule has 0 aliphatic heterocycles. The summed E-state index contributed by atoms with van der Waals surface area (Å²) in [5, 5.41) is 1.58. The summed E-state index contributed by atoms with van der Waals surface area (Å²) >= 11 is 6.21. The fourth-order valence-electron chi connectivity index (χ4n) is 1.92. The molecule has 0 saturated heterocycles. The number of ether oxygens (including phenoxy) is 1. The topological polar surface area (TPSA) is 9.23 Å². The average molecular weight is 293 g/mol. The van der Waals surface area contributed by atoms with E-state index < -0.39 is 0 Å². The lowest BCUT2D eigenvalue weighted by Gasteiger charge is -2.23. The number of hydrogen-bond donors (Lipinski definition) is 0. The van der Waals surface area contributed by atoms with E-state index in [0.29, 0.717) is 10.8 Å². The fourth-order valence-corrected chi connectivity index (χ4v) is 2.56. The maximum Gasteiger partial charge on any atom is 0.153 e. The lowest BCUT2D eigenvalue weighted by Crippen LogP contribution is -2.13. The normalized spacial score (nSPS) is 11.4. The van der Waals surface area contributed by atoms with Crippen molar-refractivity contribution in [3.63, 3.8) is 0 Å². The van der Waals surface area contributed by atoms with Crippen molar-refractivity contribution in [3.05, 3.63) is 53.1 Å². The van der Waals surface area contributed by atoms with Gasteiger partial charge in [-0.3, -0.25) is 0 Å². The highest BCUT2D eigenvalue weighted by Gasteiger charge is 2.19. The van der Waals surface area contributed by atoms with Crippen LogP contribution in [0.1, 0.15) is 26.3 Å². The first kappa shape index (κ1) is 14.4. The minimum absolute atomic E-state index is 0.0267. The quantitative estimate of drug-likeness (QED) is 0.713. The SMILES string of the molecule is CC(C)(C)c1ccccc1Oc1c(P)cccc1Cl. The average Bonchev–Trinajstić information content (AvgIpc) is 2.33. The molecule has 0 bridgehead atoms. The van der Waals surface area contributed by atoms with E-state index in [1.54, 1.807) is 0 Å². The van der Waals surface area contributed by atoms with Crippen LogP contribution in [0.2, 0.25) is 5.02 Å². The lowest BCUT2D eigenvalue weighted by atomic mass is 9.86. The van der Waals surface area contributed by atoms with Gasteiger partial charge in [0.2, 0.25) is 0 Å². The number of para-hydroxylation sites is 2. The molecule has 2 rings (SSSR count). The van der Waals surface area contributed by atoms with Crippen LogP contribution in [0.15, 0.2) is 42.5 Å². The monoisotopic (exact) mass is 292 g/mol. The molecule has 19 heavy (non-hydrogen) atoms. The van der Waals surface area contributed by atoms with Gasteiger partial charge in [0.15, 0.2) is 5.75 Å². The second-order valence-electron chi connectivity index (χ2n) is 5.51. The number of halogens is 1. The second kappa shape index (κ2) is 5.53. The van der Waals surface area contributed by atoms with Crippen molar-refractivity contribution in [2.45, 2.75) is 26.2 Å². The minimum Gasteiger partial charge on any atom is -0.455 e. The Morgan fingerprint density at radius 3 is 2.32 bits per heavy atom. The van der Waals surface area contributed by atoms with E-state index in [1.165, 1.54) is 5.56 Å². The van der Waals surface area contributed by atoms with Crippen LogP contribution >= 0.6 is 20.8 Å². The summed E-state index contributed by atoms with van der Waals surface area (Å²) in [7, 11) is 2.65. The Labute approximate surface area is 122 Å². The molecule has 0 amide bonds. The summed E-state index contributed by atoms with van der Waals surface area (Å²) in [5.74, 6) is 1.55. The summed E-state index contributed by atoms with van der Waals surface area (Å²) in [6, 6.07) is 13.8. The summed E-state index contributed by atoms with van der Waals surface area (Å²) in [6.07, 6.45) is 0. The predicted octanol–water partition coefficient (Wildman–Crippen LogP) is 4.93. The molecule has 1 atom stereocenters. The third kappa shape index (κ3) is 3.29. The summed E-state index contributed by atoms with van der Waals surface area (Å²) < 4.78 is 6.04. The van der Waals surface area contributed by atoms with Crippen molar-refractivity contribution in [2.75, 3.05) is 0 Å². The van der Waals surface area contributed by atoms with Crippen molar-refractivity contribution in [2.24, 2.45) is 0 Å². The first-order valence-electron chi connectivity index (χ1n) is 6.21. The van der Waals surface area contributed by atoms with Gasteiger partial charge in [-0.1, -0.05) is 62.7 Å². The lowest BCUT2D eigenvalue weighted by molar-refractivity contribution is 0.458. The molecule has 0 aliphatic rings. The molecule has 0 N–H and O–H groups in total.